The van der Waals surface area contributed by atoms with Crippen molar-refractivity contribution < 1.29 is 8.78 Å². The summed E-state index contributed by atoms with van der Waals surface area (Å²) in [5.74, 6) is -1.18. The van der Waals surface area contributed by atoms with Crippen molar-refractivity contribution in [1.82, 2.24) is 15.2 Å². The van der Waals surface area contributed by atoms with Gasteiger partial charge in [0.15, 0.2) is 5.82 Å². The van der Waals surface area contributed by atoms with Crippen molar-refractivity contribution >= 4 is 11.4 Å². The van der Waals surface area contributed by atoms with E-state index in [-0.39, 0.29) is 16.9 Å². The second kappa shape index (κ2) is 10.0. The number of nitrogens with zero attached hydrogens (tertiary/aromatic N) is 2. The van der Waals surface area contributed by atoms with Gasteiger partial charge in [-0.25, -0.2) is 13.8 Å². The summed E-state index contributed by atoms with van der Waals surface area (Å²) in [6.45, 7) is 8.00. The van der Waals surface area contributed by atoms with E-state index in [2.05, 4.69) is 27.9 Å². The topological polar surface area (TPSA) is 54.2 Å². The normalized spacial score (nSPS) is 16.6. The van der Waals surface area contributed by atoms with Crippen LogP contribution >= 0.6 is 0 Å². The highest BCUT2D eigenvalue weighted by atomic mass is 19.1. The van der Waals surface area contributed by atoms with E-state index in [4.69, 9.17) is 5.73 Å². The Kier molecular flexibility index (Phi) is 6.92. The zero-order valence-electron chi connectivity index (χ0n) is 19.0. The molecule has 1 aliphatic carbocycles. The van der Waals surface area contributed by atoms with Crippen LogP contribution in [-0.4, -0.2) is 23.0 Å². The molecule has 0 spiro atoms. The fraction of sp³-hybridized carbons (Fsp3) is 0.296. The molecule has 0 radical (unpaired) electrons. The van der Waals surface area contributed by atoms with E-state index < -0.39 is 11.6 Å². The Morgan fingerprint density at radius 1 is 1.12 bits per heavy atom. The molecule has 1 aromatic heterocycles. The molecule has 0 unspecified atom stereocenters. The number of hydrogen-bond acceptors (Lipinski definition) is 4. The minimum atomic E-state index is -0.649. The van der Waals surface area contributed by atoms with E-state index in [1.807, 2.05) is 13.0 Å². The Morgan fingerprint density at radius 2 is 1.85 bits per heavy atom. The second-order valence-electron chi connectivity index (χ2n) is 8.39. The predicted molar refractivity (Wildman–Crippen MR) is 131 cm³/mol. The Balaban J connectivity index is 1.79. The van der Waals surface area contributed by atoms with E-state index >= 15 is 0 Å². The smallest absolute Gasteiger partial charge is 0.151 e. The van der Waals surface area contributed by atoms with Gasteiger partial charge in [0.05, 0.1) is 22.8 Å². The van der Waals surface area contributed by atoms with E-state index in [0.717, 1.165) is 61.4 Å². The molecule has 2 aliphatic rings. The van der Waals surface area contributed by atoms with Crippen LogP contribution in [0.5, 0.6) is 0 Å². The van der Waals surface area contributed by atoms with Gasteiger partial charge in [-0.2, -0.15) is 0 Å². The molecule has 0 atom stereocenters. The molecule has 172 valence electrons. The first-order chi connectivity index (χ1) is 16.0. The number of nitrogen functional groups attached to an aromatic ring is 1. The molecular weight excluding hydrogens is 418 g/mol. The summed E-state index contributed by atoms with van der Waals surface area (Å²) in [6.07, 6.45) is 11.2. The van der Waals surface area contributed by atoms with Crippen molar-refractivity contribution in [3.63, 3.8) is 0 Å². The van der Waals surface area contributed by atoms with Gasteiger partial charge >= 0.3 is 0 Å². The van der Waals surface area contributed by atoms with E-state index in [0.29, 0.717) is 5.69 Å². The lowest BCUT2D eigenvalue weighted by Crippen LogP contribution is -2.31. The van der Waals surface area contributed by atoms with Gasteiger partial charge in [-0.1, -0.05) is 24.8 Å². The first-order valence-corrected chi connectivity index (χ1v) is 11.5. The van der Waals surface area contributed by atoms with Crippen LogP contribution < -0.4 is 11.1 Å². The van der Waals surface area contributed by atoms with Crippen molar-refractivity contribution in [3.05, 3.63) is 89.4 Å². The van der Waals surface area contributed by atoms with Crippen LogP contribution in [-0.2, 0) is 0 Å². The lowest BCUT2D eigenvalue weighted by atomic mass is 10.1. The molecule has 1 saturated carbocycles. The maximum Gasteiger partial charge on any atom is 0.151 e. The van der Waals surface area contributed by atoms with Crippen LogP contribution in [0.3, 0.4) is 0 Å². The van der Waals surface area contributed by atoms with E-state index in [1.165, 1.54) is 24.6 Å². The molecule has 1 aromatic carbocycles. The van der Waals surface area contributed by atoms with Crippen molar-refractivity contribution in [2.75, 3.05) is 18.8 Å². The Bertz CT molecular complexity index is 1130. The Morgan fingerprint density at radius 3 is 2.48 bits per heavy atom. The third kappa shape index (κ3) is 5.00. The van der Waals surface area contributed by atoms with Crippen LogP contribution in [0.1, 0.15) is 44.7 Å². The highest BCUT2D eigenvalue weighted by Crippen LogP contribution is 2.38. The number of halogens is 2. The number of hydrogen-bond donors (Lipinski definition) is 2. The maximum absolute atomic E-state index is 14.8. The molecule has 3 N–H and O–H groups in total. The zero-order chi connectivity index (χ0) is 23.4. The second-order valence-corrected chi connectivity index (χ2v) is 8.39. The predicted octanol–water partition coefficient (Wildman–Crippen LogP) is 6.16. The molecule has 4 nitrogen and oxygen atoms in total. The molecule has 1 aliphatic heterocycles. The minimum Gasteiger partial charge on any atom is -0.397 e. The SMILES string of the molecule is C=C/C(NC(=C1CC1)c1nc(-c2ccccc2F)c(F)cc1N)=C(\C=C/C)N1CCCCC1. The number of piperidine rings is 1. The summed E-state index contributed by atoms with van der Waals surface area (Å²) in [6, 6.07) is 7.27. The van der Waals surface area contributed by atoms with Gasteiger partial charge in [-0.05, 0) is 68.9 Å². The summed E-state index contributed by atoms with van der Waals surface area (Å²) < 4.78 is 29.2. The summed E-state index contributed by atoms with van der Waals surface area (Å²) in [7, 11) is 0. The summed E-state index contributed by atoms with van der Waals surface area (Å²) in [4.78, 5) is 6.88. The van der Waals surface area contributed by atoms with Gasteiger partial charge in [0.1, 0.15) is 17.2 Å². The number of likely N-dealkylation sites (tertiary alicyclic amines) is 1. The summed E-state index contributed by atoms with van der Waals surface area (Å²) >= 11 is 0. The Hall–Kier alpha value is -3.41. The largest absolute Gasteiger partial charge is 0.397 e. The van der Waals surface area contributed by atoms with E-state index in [1.54, 1.807) is 18.2 Å². The average Bonchev–Trinajstić information content (AvgIpc) is 3.66. The number of anilines is 1. The molecule has 0 bridgehead atoms. The third-order valence-electron chi connectivity index (χ3n) is 5.99. The number of aromatic nitrogens is 1. The standard InChI is InChI=1S/C27H30F2N4/c1-3-10-24(33-15-8-5-9-16-33)23(4-2)31-25(18-13-14-18)27-22(30)17-21(29)26(32-27)19-11-6-7-12-20(19)28/h3-4,6-7,10-12,17,31H,2,5,8-9,13-16,30H2,1H3/b10-3-,24-23-. The molecule has 33 heavy (non-hydrogen) atoms. The van der Waals surface area contributed by atoms with Crippen LogP contribution in [0.4, 0.5) is 14.5 Å². The van der Waals surface area contributed by atoms with Gasteiger partial charge < -0.3 is 16.0 Å². The van der Waals surface area contributed by atoms with Crippen molar-refractivity contribution in [3.8, 4) is 11.3 Å². The van der Waals surface area contributed by atoms with Crippen molar-refractivity contribution in [1.29, 1.82) is 0 Å². The number of nitrogens with one attached hydrogen (secondary N) is 1. The average molecular weight is 449 g/mol. The zero-order valence-corrected chi connectivity index (χ0v) is 19.0. The molecule has 0 amide bonds. The Labute approximate surface area is 194 Å². The van der Waals surface area contributed by atoms with Gasteiger partial charge in [0.25, 0.3) is 0 Å². The number of nitrogens with two attached hydrogens (primary N) is 1. The summed E-state index contributed by atoms with van der Waals surface area (Å²) in [5, 5.41) is 3.51. The molecule has 2 aromatic rings. The summed E-state index contributed by atoms with van der Waals surface area (Å²) in [5.41, 5.74) is 10.7. The number of allylic oxidation sites excluding steroid dienone is 4. The number of benzene rings is 1. The van der Waals surface area contributed by atoms with Crippen LogP contribution in [0, 0.1) is 11.6 Å². The van der Waals surface area contributed by atoms with Gasteiger partial charge in [-0.15, -0.1) is 0 Å². The van der Waals surface area contributed by atoms with Gasteiger partial charge in [-0.3, -0.25) is 0 Å². The molecule has 4 rings (SSSR count). The molecule has 2 heterocycles. The molecule has 2 fully saturated rings. The maximum atomic E-state index is 14.8. The first-order valence-electron chi connectivity index (χ1n) is 11.5. The third-order valence-corrected chi connectivity index (χ3v) is 5.99. The molecule has 1 saturated heterocycles. The highest BCUT2D eigenvalue weighted by molar-refractivity contribution is 5.79. The van der Waals surface area contributed by atoms with Crippen LogP contribution in [0.15, 0.2) is 72.1 Å². The fourth-order valence-corrected chi connectivity index (χ4v) is 4.19. The molecular formula is C27H30F2N4. The number of rotatable bonds is 7. The monoisotopic (exact) mass is 448 g/mol. The first kappa shape index (κ1) is 22.8. The van der Waals surface area contributed by atoms with E-state index in [9.17, 15) is 8.78 Å². The van der Waals surface area contributed by atoms with Crippen molar-refractivity contribution in [2.45, 2.75) is 39.0 Å². The highest BCUT2D eigenvalue weighted by Gasteiger charge is 2.25. The van der Waals surface area contributed by atoms with Gasteiger partial charge in [0, 0.05) is 24.7 Å². The molecule has 6 heteroatoms. The van der Waals surface area contributed by atoms with Crippen molar-refractivity contribution in [2.24, 2.45) is 0 Å². The quantitative estimate of drug-likeness (QED) is 0.498. The van der Waals surface area contributed by atoms with Gasteiger partial charge in [0.2, 0.25) is 0 Å². The number of pyridine rings is 1. The lowest BCUT2D eigenvalue weighted by molar-refractivity contribution is 0.290. The lowest BCUT2D eigenvalue weighted by Gasteiger charge is -2.31. The van der Waals surface area contributed by atoms with Crippen LogP contribution in [0.25, 0.3) is 17.0 Å². The van der Waals surface area contributed by atoms with Crippen LogP contribution in [0.2, 0.25) is 0 Å². The fourth-order valence-electron chi connectivity index (χ4n) is 4.19. The minimum absolute atomic E-state index is 0.0494.